The van der Waals surface area contributed by atoms with E-state index in [0.717, 1.165) is 16.7 Å². The van der Waals surface area contributed by atoms with E-state index in [9.17, 15) is 9.46 Å². The van der Waals surface area contributed by atoms with Crippen LogP contribution in [0.5, 0.6) is 23.0 Å². The Labute approximate surface area is 185 Å². The number of hydrogen-bond acceptors (Lipinski definition) is 8. The standard InChI is InChI=1S/C21H24NO7PS/c1-6-28-30(23,24)29-18-11-15(25-3)7-8-16(18)17-12-31-22-20(17)14-9-13(2)21(27-5)19(10-14)26-4/h7-12H,6H2,1-5H3,(H,23,24). The van der Waals surface area contributed by atoms with Crippen molar-refractivity contribution in [3.8, 4) is 45.4 Å². The molecule has 0 fully saturated rings. The number of nitrogens with zero attached hydrogens (tertiary/aromatic N) is 1. The van der Waals surface area contributed by atoms with E-state index in [1.807, 2.05) is 24.4 Å². The normalized spacial score (nSPS) is 12.8. The molecular formula is C21H24NO7PS. The Morgan fingerprint density at radius 3 is 2.45 bits per heavy atom. The van der Waals surface area contributed by atoms with Crippen molar-refractivity contribution >= 4 is 19.4 Å². The molecule has 31 heavy (non-hydrogen) atoms. The first-order valence-electron chi connectivity index (χ1n) is 9.36. The lowest BCUT2D eigenvalue weighted by Gasteiger charge is -2.17. The summed E-state index contributed by atoms with van der Waals surface area (Å²) in [7, 11) is 0.366. The Balaban J connectivity index is 2.14. The molecule has 0 spiro atoms. The summed E-state index contributed by atoms with van der Waals surface area (Å²) >= 11 is 1.26. The highest BCUT2D eigenvalue weighted by molar-refractivity contribution is 7.47. The summed E-state index contributed by atoms with van der Waals surface area (Å²) < 4.78 is 43.2. The summed E-state index contributed by atoms with van der Waals surface area (Å²) in [5.74, 6) is 1.85. The van der Waals surface area contributed by atoms with Crippen LogP contribution in [0.15, 0.2) is 35.7 Å². The Morgan fingerprint density at radius 1 is 1.03 bits per heavy atom. The van der Waals surface area contributed by atoms with Crippen molar-refractivity contribution in [2.45, 2.75) is 13.8 Å². The first-order chi connectivity index (χ1) is 14.8. The monoisotopic (exact) mass is 465 g/mol. The second kappa shape index (κ2) is 9.70. The number of ether oxygens (including phenoxy) is 3. The van der Waals surface area contributed by atoms with Gasteiger partial charge in [0.05, 0.1) is 33.6 Å². The molecule has 1 heterocycles. The molecule has 0 bridgehead atoms. The van der Waals surface area contributed by atoms with Crippen LogP contribution < -0.4 is 18.7 Å². The summed E-state index contributed by atoms with van der Waals surface area (Å²) in [5, 5.41) is 1.85. The summed E-state index contributed by atoms with van der Waals surface area (Å²) in [6.45, 7) is 3.56. The van der Waals surface area contributed by atoms with Gasteiger partial charge in [-0.15, -0.1) is 0 Å². The van der Waals surface area contributed by atoms with Gasteiger partial charge in [0.15, 0.2) is 11.5 Å². The fourth-order valence-corrected chi connectivity index (χ4v) is 4.65. The number of phosphoric acid groups is 1. The molecule has 1 aromatic heterocycles. The van der Waals surface area contributed by atoms with Crippen LogP contribution >= 0.6 is 19.4 Å². The van der Waals surface area contributed by atoms with Crippen LogP contribution in [0.2, 0.25) is 0 Å². The second-order valence-electron chi connectivity index (χ2n) is 6.45. The zero-order valence-corrected chi connectivity index (χ0v) is 19.6. The molecule has 10 heteroatoms. The van der Waals surface area contributed by atoms with Crippen molar-refractivity contribution in [1.29, 1.82) is 0 Å². The molecule has 3 rings (SSSR count). The largest absolute Gasteiger partial charge is 0.527 e. The van der Waals surface area contributed by atoms with Gasteiger partial charge in [0, 0.05) is 28.1 Å². The van der Waals surface area contributed by atoms with E-state index < -0.39 is 7.82 Å². The fourth-order valence-electron chi connectivity index (χ4n) is 3.17. The SMILES string of the molecule is CCOP(=O)(O)Oc1cc(OC)ccc1-c1csnc1-c1cc(C)c(OC)c(OC)c1. The van der Waals surface area contributed by atoms with Gasteiger partial charge in [-0.1, -0.05) is 0 Å². The van der Waals surface area contributed by atoms with E-state index in [2.05, 4.69) is 4.37 Å². The molecule has 0 amide bonds. The summed E-state index contributed by atoms with van der Waals surface area (Å²) in [6, 6.07) is 8.82. The van der Waals surface area contributed by atoms with Gasteiger partial charge in [0.25, 0.3) is 0 Å². The predicted molar refractivity (Wildman–Crippen MR) is 119 cm³/mol. The lowest BCUT2D eigenvalue weighted by Crippen LogP contribution is -1.99. The quantitative estimate of drug-likeness (QED) is 0.424. The number of phosphoric ester groups is 1. The third kappa shape index (κ3) is 5.02. The number of aromatic nitrogens is 1. The number of hydrogen-bond donors (Lipinski definition) is 1. The van der Waals surface area contributed by atoms with Crippen LogP contribution in [0.3, 0.4) is 0 Å². The number of rotatable bonds is 9. The highest BCUT2D eigenvalue weighted by Crippen LogP contribution is 2.49. The van der Waals surface area contributed by atoms with Crippen molar-refractivity contribution in [2.24, 2.45) is 0 Å². The zero-order chi connectivity index (χ0) is 22.6. The van der Waals surface area contributed by atoms with Gasteiger partial charge in [-0.2, -0.15) is 4.37 Å². The molecule has 3 aromatic rings. The summed E-state index contributed by atoms with van der Waals surface area (Å²) in [6.07, 6.45) is 0. The summed E-state index contributed by atoms with van der Waals surface area (Å²) in [5.41, 5.74) is 3.67. The Kier molecular flexibility index (Phi) is 7.23. The molecule has 0 aliphatic heterocycles. The molecule has 0 saturated carbocycles. The van der Waals surface area contributed by atoms with Crippen molar-refractivity contribution in [3.63, 3.8) is 0 Å². The maximum Gasteiger partial charge on any atom is 0.527 e. The van der Waals surface area contributed by atoms with Crippen LogP contribution in [0.1, 0.15) is 12.5 Å². The predicted octanol–water partition coefficient (Wildman–Crippen LogP) is 5.33. The van der Waals surface area contributed by atoms with Crippen LogP contribution in [0, 0.1) is 6.92 Å². The van der Waals surface area contributed by atoms with Gasteiger partial charge < -0.3 is 18.7 Å². The molecule has 166 valence electrons. The molecule has 0 aliphatic rings. The molecular weight excluding hydrogens is 441 g/mol. The van der Waals surface area contributed by atoms with Crippen molar-refractivity contribution < 1.29 is 32.7 Å². The Morgan fingerprint density at radius 2 is 1.81 bits per heavy atom. The fraction of sp³-hybridized carbons (Fsp3) is 0.286. The van der Waals surface area contributed by atoms with Crippen LogP contribution in [-0.4, -0.2) is 37.2 Å². The summed E-state index contributed by atoms with van der Waals surface area (Å²) in [4.78, 5) is 10.0. The highest BCUT2D eigenvalue weighted by Gasteiger charge is 2.26. The average molecular weight is 465 g/mol. The molecule has 1 N–H and O–H groups in total. The molecule has 2 aromatic carbocycles. The van der Waals surface area contributed by atoms with E-state index in [4.69, 9.17) is 23.3 Å². The lowest BCUT2D eigenvalue weighted by molar-refractivity contribution is 0.213. The van der Waals surface area contributed by atoms with E-state index in [-0.39, 0.29) is 12.4 Å². The minimum Gasteiger partial charge on any atom is -0.497 e. The Hall–Kier alpha value is -2.58. The Bertz CT molecular complexity index is 1120. The molecule has 8 nitrogen and oxygen atoms in total. The third-order valence-corrected chi connectivity index (χ3v) is 6.13. The van der Waals surface area contributed by atoms with Crippen molar-refractivity contribution in [1.82, 2.24) is 4.37 Å². The van der Waals surface area contributed by atoms with E-state index >= 15 is 0 Å². The lowest BCUT2D eigenvalue weighted by atomic mass is 9.99. The minimum atomic E-state index is -4.30. The molecule has 0 saturated heterocycles. The van der Waals surface area contributed by atoms with Crippen molar-refractivity contribution in [2.75, 3.05) is 27.9 Å². The number of benzene rings is 2. The molecule has 1 unspecified atom stereocenters. The van der Waals surface area contributed by atoms with Gasteiger partial charge >= 0.3 is 7.82 Å². The van der Waals surface area contributed by atoms with Crippen LogP contribution in [0.25, 0.3) is 22.4 Å². The molecule has 0 aliphatic carbocycles. The van der Waals surface area contributed by atoms with Gasteiger partial charge in [-0.25, -0.2) is 4.57 Å². The average Bonchev–Trinajstić information content (AvgIpc) is 3.22. The van der Waals surface area contributed by atoms with Crippen molar-refractivity contribution in [3.05, 3.63) is 41.3 Å². The second-order valence-corrected chi connectivity index (χ2v) is 8.45. The topological polar surface area (TPSA) is 96.3 Å². The van der Waals surface area contributed by atoms with Gasteiger partial charge in [-0.3, -0.25) is 9.42 Å². The van der Waals surface area contributed by atoms with E-state index in [1.54, 1.807) is 39.3 Å². The highest BCUT2D eigenvalue weighted by atomic mass is 32.1. The smallest absolute Gasteiger partial charge is 0.497 e. The maximum atomic E-state index is 12.3. The number of aryl methyl sites for hydroxylation is 1. The zero-order valence-electron chi connectivity index (χ0n) is 17.9. The van der Waals surface area contributed by atoms with Gasteiger partial charge in [-0.05, 0) is 55.2 Å². The molecule has 1 atom stereocenters. The number of methoxy groups -OCH3 is 3. The van der Waals surface area contributed by atoms with Gasteiger partial charge in [0.1, 0.15) is 11.5 Å². The molecule has 0 radical (unpaired) electrons. The maximum absolute atomic E-state index is 12.3. The van der Waals surface area contributed by atoms with Crippen LogP contribution in [0.4, 0.5) is 0 Å². The first kappa shape index (κ1) is 23.1. The van der Waals surface area contributed by atoms with Crippen LogP contribution in [-0.2, 0) is 9.09 Å². The van der Waals surface area contributed by atoms with E-state index in [1.165, 1.54) is 18.6 Å². The first-order valence-corrected chi connectivity index (χ1v) is 11.7. The van der Waals surface area contributed by atoms with Gasteiger partial charge in [0.2, 0.25) is 0 Å². The van der Waals surface area contributed by atoms with E-state index in [0.29, 0.717) is 28.5 Å². The third-order valence-electron chi connectivity index (χ3n) is 4.49. The minimum absolute atomic E-state index is 0.0310.